The monoisotopic (exact) mass is 322 g/mol. The topological polar surface area (TPSA) is 42.0 Å². The van der Waals surface area contributed by atoms with Crippen LogP contribution in [0, 0.1) is 0 Å². The summed E-state index contributed by atoms with van der Waals surface area (Å²) in [5.74, 6) is -0.202. The first-order valence-electron chi connectivity index (χ1n) is 5.75. The van der Waals surface area contributed by atoms with Crippen molar-refractivity contribution in [3.8, 4) is 0 Å². The first kappa shape index (κ1) is 13.4. The molecule has 1 aromatic heterocycles. The molecule has 6 heteroatoms. The minimum Gasteiger partial charge on any atom is -0.298 e. The van der Waals surface area contributed by atoms with Gasteiger partial charge < -0.3 is 0 Å². The van der Waals surface area contributed by atoms with Crippen LogP contribution in [0.1, 0.15) is 10.4 Å². The fraction of sp³-hybridized carbons (Fsp3) is 0. The number of nitrogens with zero attached hydrogens (tertiary/aromatic N) is 1. The van der Waals surface area contributed by atoms with Gasteiger partial charge in [0.1, 0.15) is 5.52 Å². The van der Waals surface area contributed by atoms with E-state index in [9.17, 15) is 4.79 Å². The molecule has 0 bridgehead atoms. The van der Waals surface area contributed by atoms with Gasteiger partial charge >= 0.3 is 0 Å². The highest BCUT2D eigenvalue weighted by atomic mass is 35.5. The first-order valence-corrected chi connectivity index (χ1v) is 7.33. The second kappa shape index (κ2) is 5.40. The number of amides is 1. The minimum absolute atomic E-state index is 0.202. The summed E-state index contributed by atoms with van der Waals surface area (Å²) in [6, 6.07) is 12.4. The third-order valence-electron chi connectivity index (χ3n) is 2.67. The molecule has 2 aromatic carbocycles. The SMILES string of the molecule is O=C(Nc1nc2c(Cl)cc(Cl)cc2s1)c1ccccc1. The molecule has 0 aliphatic heterocycles. The van der Waals surface area contributed by atoms with Gasteiger partial charge in [-0.1, -0.05) is 52.7 Å². The van der Waals surface area contributed by atoms with Crippen molar-refractivity contribution in [1.29, 1.82) is 0 Å². The van der Waals surface area contributed by atoms with Crippen molar-refractivity contribution in [3.63, 3.8) is 0 Å². The molecular formula is C14H8Cl2N2OS. The molecule has 0 atom stereocenters. The predicted molar refractivity (Wildman–Crippen MR) is 84.0 cm³/mol. The van der Waals surface area contributed by atoms with Crippen molar-refractivity contribution in [2.24, 2.45) is 0 Å². The quantitative estimate of drug-likeness (QED) is 0.732. The third kappa shape index (κ3) is 2.63. The van der Waals surface area contributed by atoms with Gasteiger partial charge in [-0.2, -0.15) is 0 Å². The van der Waals surface area contributed by atoms with Crippen LogP contribution in [0.15, 0.2) is 42.5 Å². The second-order valence-electron chi connectivity index (χ2n) is 4.07. The molecule has 0 saturated heterocycles. The third-order valence-corrected chi connectivity index (χ3v) is 4.09. The number of anilines is 1. The lowest BCUT2D eigenvalue weighted by Gasteiger charge is -2.00. The van der Waals surface area contributed by atoms with Crippen LogP contribution in [0.3, 0.4) is 0 Å². The Labute approximate surface area is 129 Å². The molecular weight excluding hydrogens is 315 g/mol. The Bertz CT molecular complexity index is 786. The number of nitrogens with one attached hydrogen (secondary N) is 1. The lowest BCUT2D eigenvalue weighted by molar-refractivity contribution is 0.102. The van der Waals surface area contributed by atoms with E-state index in [-0.39, 0.29) is 5.91 Å². The van der Waals surface area contributed by atoms with Gasteiger partial charge in [-0.05, 0) is 24.3 Å². The van der Waals surface area contributed by atoms with Gasteiger partial charge in [0, 0.05) is 10.6 Å². The smallest absolute Gasteiger partial charge is 0.257 e. The van der Waals surface area contributed by atoms with E-state index in [4.69, 9.17) is 23.2 Å². The Hall–Kier alpha value is -1.62. The Morgan fingerprint density at radius 1 is 1.15 bits per heavy atom. The number of fused-ring (bicyclic) bond motifs is 1. The van der Waals surface area contributed by atoms with E-state index in [1.165, 1.54) is 11.3 Å². The lowest BCUT2D eigenvalue weighted by atomic mass is 10.2. The van der Waals surface area contributed by atoms with Crippen molar-refractivity contribution < 1.29 is 4.79 Å². The molecule has 0 saturated carbocycles. The highest BCUT2D eigenvalue weighted by Crippen LogP contribution is 2.33. The van der Waals surface area contributed by atoms with Crippen LogP contribution in [0.5, 0.6) is 0 Å². The van der Waals surface area contributed by atoms with Crippen molar-refractivity contribution in [3.05, 3.63) is 58.1 Å². The summed E-state index contributed by atoms with van der Waals surface area (Å²) >= 11 is 13.4. The Morgan fingerprint density at radius 3 is 2.65 bits per heavy atom. The number of carbonyl (C=O) groups excluding carboxylic acids is 1. The van der Waals surface area contributed by atoms with E-state index in [0.29, 0.717) is 26.3 Å². The maximum absolute atomic E-state index is 12.0. The second-order valence-corrected chi connectivity index (χ2v) is 5.95. The molecule has 0 aliphatic rings. The molecule has 100 valence electrons. The number of halogens is 2. The highest BCUT2D eigenvalue weighted by Gasteiger charge is 2.12. The van der Waals surface area contributed by atoms with Crippen LogP contribution in [-0.2, 0) is 0 Å². The molecule has 20 heavy (non-hydrogen) atoms. The van der Waals surface area contributed by atoms with Crippen LogP contribution in [0.25, 0.3) is 10.2 Å². The van der Waals surface area contributed by atoms with Gasteiger partial charge in [-0.15, -0.1) is 0 Å². The average Bonchev–Trinajstić information content (AvgIpc) is 2.82. The molecule has 0 spiro atoms. The summed E-state index contributed by atoms with van der Waals surface area (Å²) in [4.78, 5) is 16.4. The van der Waals surface area contributed by atoms with E-state index in [1.807, 2.05) is 18.2 Å². The number of aromatic nitrogens is 1. The van der Waals surface area contributed by atoms with Gasteiger partial charge in [0.25, 0.3) is 5.91 Å². The maximum atomic E-state index is 12.0. The molecule has 1 N–H and O–H groups in total. The summed E-state index contributed by atoms with van der Waals surface area (Å²) in [5, 5.41) is 4.28. The summed E-state index contributed by atoms with van der Waals surface area (Å²) in [5.41, 5.74) is 1.22. The van der Waals surface area contributed by atoms with E-state index in [2.05, 4.69) is 10.3 Å². The van der Waals surface area contributed by atoms with Gasteiger partial charge in [0.05, 0.1) is 9.72 Å². The largest absolute Gasteiger partial charge is 0.298 e. The van der Waals surface area contributed by atoms with E-state index in [0.717, 1.165) is 4.70 Å². The molecule has 0 aliphatic carbocycles. The summed E-state index contributed by atoms with van der Waals surface area (Å²) in [6.45, 7) is 0. The normalized spacial score (nSPS) is 10.7. The summed E-state index contributed by atoms with van der Waals surface area (Å²) in [6.07, 6.45) is 0. The number of carbonyl (C=O) groups is 1. The standard InChI is InChI=1S/C14H8Cl2N2OS/c15-9-6-10(16)12-11(7-9)20-14(17-12)18-13(19)8-4-2-1-3-5-8/h1-7H,(H,17,18,19). The molecule has 1 heterocycles. The zero-order chi connectivity index (χ0) is 14.1. The number of thiazole rings is 1. The Morgan fingerprint density at radius 2 is 1.90 bits per heavy atom. The predicted octanol–water partition coefficient (Wildman–Crippen LogP) is 4.86. The summed E-state index contributed by atoms with van der Waals surface area (Å²) in [7, 11) is 0. The van der Waals surface area contributed by atoms with E-state index in [1.54, 1.807) is 24.3 Å². The number of hydrogen-bond donors (Lipinski definition) is 1. The number of benzene rings is 2. The Kier molecular flexibility index (Phi) is 3.61. The van der Waals surface area contributed by atoms with E-state index < -0.39 is 0 Å². The molecule has 3 rings (SSSR count). The Balaban J connectivity index is 1.92. The van der Waals surface area contributed by atoms with Crippen molar-refractivity contribution >= 4 is 55.8 Å². The molecule has 1 amide bonds. The van der Waals surface area contributed by atoms with Crippen molar-refractivity contribution in [2.75, 3.05) is 5.32 Å². The number of rotatable bonds is 2. The highest BCUT2D eigenvalue weighted by molar-refractivity contribution is 7.22. The fourth-order valence-electron chi connectivity index (χ4n) is 1.77. The van der Waals surface area contributed by atoms with Crippen molar-refractivity contribution in [1.82, 2.24) is 4.98 Å². The van der Waals surface area contributed by atoms with Gasteiger partial charge in [-0.3, -0.25) is 10.1 Å². The minimum atomic E-state index is -0.202. The molecule has 0 unspecified atom stereocenters. The molecule has 3 nitrogen and oxygen atoms in total. The first-order chi connectivity index (χ1) is 9.63. The average molecular weight is 323 g/mol. The molecule has 0 radical (unpaired) electrons. The van der Waals surface area contributed by atoms with Crippen LogP contribution >= 0.6 is 34.5 Å². The van der Waals surface area contributed by atoms with Crippen LogP contribution in [0.4, 0.5) is 5.13 Å². The van der Waals surface area contributed by atoms with Crippen LogP contribution in [-0.4, -0.2) is 10.9 Å². The van der Waals surface area contributed by atoms with Gasteiger partial charge in [0.2, 0.25) is 0 Å². The van der Waals surface area contributed by atoms with E-state index >= 15 is 0 Å². The van der Waals surface area contributed by atoms with Gasteiger partial charge in [-0.25, -0.2) is 4.98 Å². The van der Waals surface area contributed by atoms with Gasteiger partial charge in [0.15, 0.2) is 5.13 Å². The maximum Gasteiger partial charge on any atom is 0.257 e. The fourth-order valence-corrected chi connectivity index (χ4v) is 3.35. The zero-order valence-electron chi connectivity index (χ0n) is 10.1. The molecule has 3 aromatic rings. The number of hydrogen-bond acceptors (Lipinski definition) is 3. The zero-order valence-corrected chi connectivity index (χ0v) is 12.4. The van der Waals surface area contributed by atoms with Crippen LogP contribution < -0.4 is 5.32 Å². The summed E-state index contributed by atoms with van der Waals surface area (Å²) < 4.78 is 0.839. The lowest BCUT2D eigenvalue weighted by Crippen LogP contribution is -2.11. The molecule has 0 fully saturated rings. The van der Waals surface area contributed by atoms with Crippen LogP contribution in [0.2, 0.25) is 10.0 Å². The van der Waals surface area contributed by atoms with Crippen molar-refractivity contribution in [2.45, 2.75) is 0 Å².